The quantitative estimate of drug-likeness (QED) is 0.754. The van der Waals surface area contributed by atoms with Crippen LogP contribution in [-0.4, -0.2) is 14.2 Å². The van der Waals surface area contributed by atoms with Crippen LogP contribution in [0.5, 0.6) is 0 Å². The molecular weight excluding hydrogens is 232 g/mol. The second-order valence-electron chi connectivity index (χ2n) is 4.26. The molecule has 1 aromatic rings. The van der Waals surface area contributed by atoms with Gasteiger partial charge in [0, 0.05) is 0 Å². The molecule has 2 nitrogen and oxygen atoms in total. The molecule has 0 radical (unpaired) electrons. The van der Waals surface area contributed by atoms with E-state index in [9.17, 15) is 8.42 Å². The summed E-state index contributed by atoms with van der Waals surface area (Å²) in [6.45, 7) is 5.79. The second kappa shape index (κ2) is 6.01. The molecule has 0 N–H and O–H groups in total. The summed E-state index contributed by atoms with van der Waals surface area (Å²) < 4.78 is 23.5. The first-order chi connectivity index (χ1) is 7.99. The van der Waals surface area contributed by atoms with Gasteiger partial charge in [-0.1, -0.05) is 38.1 Å². The van der Waals surface area contributed by atoms with Gasteiger partial charge in [0.25, 0.3) is 0 Å². The van der Waals surface area contributed by atoms with Crippen LogP contribution in [0, 0.1) is 5.92 Å². The standard InChI is InChI=1S/C14H20O2S/c1-4-7-12(3)10-13-8-6-9-14(11-13)17(15,16)5-2/h4,6-9,11-12H,5,10H2,1-3H3/b7-4-. The van der Waals surface area contributed by atoms with Crippen molar-refractivity contribution in [2.45, 2.75) is 32.1 Å². The third-order valence-corrected chi connectivity index (χ3v) is 4.45. The molecule has 0 bridgehead atoms. The minimum Gasteiger partial charge on any atom is -0.224 e. The Balaban J connectivity index is 2.94. The molecule has 94 valence electrons. The summed E-state index contributed by atoms with van der Waals surface area (Å²) in [7, 11) is -3.09. The number of benzene rings is 1. The molecule has 1 atom stereocenters. The molecule has 1 aromatic carbocycles. The van der Waals surface area contributed by atoms with Gasteiger partial charge in [-0.05, 0) is 37.0 Å². The Morgan fingerprint density at radius 1 is 1.35 bits per heavy atom. The van der Waals surface area contributed by atoms with E-state index in [-0.39, 0.29) is 5.75 Å². The predicted molar refractivity (Wildman–Crippen MR) is 71.9 cm³/mol. The Hall–Kier alpha value is -1.09. The lowest BCUT2D eigenvalue weighted by Crippen LogP contribution is -2.05. The normalized spacial score (nSPS) is 14.1. The first kappa shape index (κ1) is 14.0. The zero-order valence-corrected chi connectivity index (χ0v) is 11.5. The van der Waals surface area contributed by atoms with Gasteiger partial charge in [-0.3, -0.25) is 0 Å². The maximum Gasteiger partial charge on any atom is 0.178 e. The van der Waals surface area contributed by atoms with Crippen LogP contribution in [0.4, 0.5) is 0 Å². The van der Waals surface area contributed by atoms with Crippen molar-refractivity contribution >= 4 is 9.84 Å². The van der Waals surface area contributed by atoms with Crippen molar-refractivity contribution in [3.05, 3.63) is 42.0 Å². The summed E-state index contributed by atoms with van der Waals surface area (Å²) in [5, 5.41) is 0. The molecule has 17 heavy (non-hydrogen) atoms. The van der Waals surface area contributed by atoms with Gasteiger partial charge in [0.15, 0.2) is 9.84 Å². The second-order valence-corrected chi connectivity index (χ2v) is 6.54. The lowest BCUT2D eigenvalue weighted by molar-refractivity contribution is 0.597. The Morgan fingerprint density at radius 3 is 2.65 bits per heavy atom. The van der Waals surface area contributed by atoms with Crippen molar-refractivity contribution in [3.8, 4) is 0 Å². The molecule has 0 amide bonds. The summed E-state index contributed by atoms with van der Waals surface area (Å²) in [5.41, 5.74) is 1.07. The molecule has 0 aliphatic heterocycles. The highest BCUT2D eigenvalue weighted by atomic mass is 32.2. The first-order valence-electron chi connectivity index (χ1n) is 5.94. The molecule has 1 rings (SSSR count). The molecule has 0 saturated carbocycles. The van der Waals surface area contributed by atoms with Crippen LogP contribution in [0.25, 0.3) is 0 Å². The van der Waals surface area contributed by atoms with Crippen LogP contribution in [0.1, 0.15) is 26.3 Å². The number of rotatable bonds is 5. The summed E-state index contributed by atoms with van der Waals surface area (Å²) in [6.07, 6.45) is 5.02. The highest BCUT2D eigenvalue weighted by Gasteiger charge is 2.11. The van der Waals surface area contributed by atoms with Gasteiger partial charge in [0.2, 0.25) is 0 Å². The Kier molecular flexibility index (Phi) is 4.94. The average molecular weight is 252 g/mol. The largest absolute Gasteiger partial charge is 0.224 e. The van der Waals surface area contributed by atoms with Gasteiger partial charge >= 0.3 is 0 Å². The molecule has 1 unspecified atom stereocenters. The molecule has 0 fully saturated rings. The molecule has 0 aliphatic rings. The minimum absolute atomic E-state index is 0.154. The lowest BCUT2D eigenvalue weighted by Gasteiger charge is -2.08. The molecule has 3 heteroatoms. The van der Waals surface area contributed by atoms with E-state index in [1.165, 1.54) is 0 Å². The highest BCUT2D eigenvalue weighted by Crippen LogP contribution is 2.16. The number of sulfone groups is 1. The smallest absolute Gasteiger partial charge is 0.178 e. The van der Waals surface area contributed by atoms with Crippen LogP contribution < -0.4 is 0 Å². The fourth-order valence-corrected chi connectivity index (χ4v) is 2.75. The van der Waals surface area contributed by atoms with Gasteiger partial charge in [0.05, 0.1) is 10.6 Å². The van der Waals surface area contributed by atoms with Crippen LogP contribution >= 0.6 is 0 Å². The van der Waals surface area contributed by atoms with Crippen LogP contribution in [0.15, 0.2) is 41.3 Å². The molecule has 0 saturated heterocycles. The lowest BCUT2D eigenvalue weighted by atomic mass is 10.0. The Bertz CT molecular complexity index is 487. The molecule has 0 aromatic heterocycles. The van der Waals surface area contributed by atoms with E-state index < -0.39 is 9.84 Å². The van der Waals surface area contributed by atoms with E-state index in [0.717, 1.165) is 12.0 Å². The van der Waals surface area contributed by atoms with E-state index >= 15 is 0 Å². The summed E-state index contributed by atoms with van der Waals surface area (Å²) in [5.74, 6) is 0.584. The summed E-state index contributed by atoms with van der Waals surface area (Å²) >= 11 is 0. The van der Waals surface area contributed by atoms with Crippen molar-refractivity contribution in [1.82, 2.24) is 0 Å². The third kappa shape index (κ3) is 4.00. The van der Waals surface area contributed by atoms with Crippen molar-refractivity contribution < 1.29 is 8.42 Å². The third-order valence-electron chi connectivity index (χ3n) is 2.72. The zero-order chi connectivity index (χ0) is 12.9. The number of allylic oxidation sites excluding steroid dienone is 2. The van der Waals surface area contributed by atoms with Gasteiger partial charge in [-0.2, -0.15) is 0 Å². The van der Waals surface area contributed by atoms with Crippen molar-refractivity contribution in [3.63, 3.8) is 0 Å². The van der Waals surface area contributed by atoms with Crippen molar-refractivity contribution in [2.24, 2.45) is 5.92 Å². The zero-order valence-electron chi connectivity index (χ0n) is 10.7. The minimum atomic E-state index is -3.09. The highest BCUT2D eigenvalue weighted by molar-refractivity contribution is 7.91. The van der Waals surface area contributed by atoms with Crippen LogP contribution in [0.2, 0.25) is 0 Å². The Labute approximate surface area is 104 Å². The van der Waals surface area contributed by atoms with Gasteiger partial charge in [-0.15, -0.1) is 0 Å². The van der Waals surface area contributed by atoms with Gasteiger partial charge in [-0.25, -0.2) is 8.42 Å². The Morgan fingerprint density at radius 2 is 2.06 bits per heavy atom. The van der Waals surface area contributed by atoms with E-state index in [4.69, 9.17) is 0 Å². The predicted octanol–water partition coefficient (Wildman–Crippen LogP) is 3.23. The fourth-order valence-electron chi connectivity index (χ4n) is 1.80. The number of hydrogen-bond donors (Lipinski definition) is 0. The first-order valence-corrected chi connectivity index (χ1v) is 7.59. The van der Waals surface area contributed by atoms with E-state index in [2.05, 4.69) is 13.0 Å². The van der Waals surface area contributed by atoms with E-state index in [1.807, 2.05) is 25.1 Å². The SMILES string of the molecule is C/C=C\C(C)Cc1cccc(S(=O)(=O)CC)c1. The monoisotopic (exact) mass is 252 g/mol. The van der Waals surface area contributed by atoms with E-state index in [0.29, 0.717) is 10.8 Å². The maximum absolute atomic E-state index is 11.8. The van der Waals surface area contributed by atoms with Crippen molar-refractivity contribution in [1.29, 1.82) is 0 Å². The topological polar surface area (TPSA) is 34.1 Å². The maximum atomic E-state index is 11.8. The molecule has 0 heterocycles. The molecule has 0 spiro atoms. The average Bonchev–Trinajstić information content (AvgIpc) is 2.29. The number of hydrogen-bond acceptors (Lipinski definition) is 2. The van der Waals surface area contributed by atoms with Crippen molar-refractivity contribution in [2.75, 3.05) is 5.75 Å². The fraction of sp³-hybridized carbons (Fsp3) is 0.429. The molecular formula is C14H20O2S. The molecule has 0 aliphatic carbocycles. The van der Waals surface area contributed by atoms with Crippen LogP contribution in [0.3, 0.4) is 0 Å². The van der Waals surface area contributed by atoms with Gasteiger partial charge < -0.3 is 0 Å². The van der Waals surface area contributed by atoms with Crippen LogP contribution in [-0.2, 0) is 16.3 Å². The van der Waals surface area contributed by atoms with Gasteiger partial charge in [0.1, 0.15) is 0 Å². The van der Waals surface area contributed by atoms with E-state index in [1.54, 1.807) is 19.1 Å². The summed E-state index contributed by atoms with van der Waals surface area (Å²) in [4.78, 5) is 0.435. The summed E-state index contributed by atoms with van der Waals surface area (Å²) in [6, 6.07) is 7.26.